The van der Waals surface area contributed by atoms with Gasteiger partial charge in [-0.15, -0.1) is 0 Å². The van der Waals surface area contributed by atoms with Gasteiger partial charge in [-0.1, -0.05) is 50.5 Å². The number of rotatable bonds is 12. The molecule has 4 nitrogen and oxygen atoms in total. The van der Waals surface area contributed by atoms with Crippen LogP contribution in [-0.4, -0.2) is 27.9 Å². The third-order valence-electron chi connectivity index (χ3n) is 5.51. The summed E-state index contributed by atoms with van der Waals surface area (Å²) in [6.07, 6.45) is 19.1. The molecule has 4 atom stereocenters. The predicted molar refractivity (Wildman–Crippen MR) is 95.9 cm³/mol. The lowest BCUT2D eigenvalue weighted by molar-refractivity contribution is -0.663. The van der Waals surface area contributed by atoms with Crippen LogP contribution in [0, 0.1) is 11.8 Å². The first-order valence-corrected chi connectivity index (χ1v) is 9.65. The van der Waals surface area contributed by atoms with E-state index in [1.165, 1.54) is 25.7 Å². The third kappa shape index (κ3) is 5.02. The van der Waals surface area contributed by atoms with E-state index in [0.717, 1.165) is 25.7 Å². The smallest absolute Gasteiger partial charge is 0.303 e. The van der Waals surface area contributed by atoms with Crippen LogP contribution in [0.25, 0.3) is 5.53 Å². The van der Waals surface area contributed by atoms with Crippen molar-refractivity contribution >= 4 is 5.97 Å². The summed E-state index contributed by atoms with van der Waals surface area (Å²) in [7, 11) is 0. The summed E-state index contributed by atoms with van der Waals surface area (Å²) < 4.78 is 1.56. The van der Waals surface area contributed by atoms with E-state index in [4.69, 9.17) is 5.11 Å². The lowest BCUT2D eigenvalue weighted by Gasteiger charge is -2.27. The Bertz CT molecular complexity index is 484. The Hall–Kier alpha value is -1.45. The van der Waals surface area contributed by atoms with E-state index in [0.29, 0.717) is 30.3 Å². The summed E-state index contributed by atoms with van der Waals surface area (Å²) in [5, 5.41) is 8.63. The van der Waals surface area contributed by atoms with Crippen LogP contribution in [0.5, 0.6) is 0 Å². The molecule has 2 bridgehead atoms. The fourth-order valence-corrected chi connectivity index (χ4v) is 4.09. The fraction of sp³-hybridized carbons (Fsp3) is 0.750. The summed E-state index contributed by atoms with van der Waals surface area (Å²) >= 11 is 0. The minimum absolute atomic E-state index is 0.242. The summed E-state index contributed by atoms with van der Waals surface area (Å²) in [5.41, 5.74) is 10.1. The molecule has 2 heterocycles. The topological polar surface area (TPSA) is 62.6 Å². The number of fused-ring (bicyclic) bond motifs is 1. The zero-order valence-electron chi connectivity index (χ0n) is 14.9. The maximum atomic E-state index is 10.5. The van der Waals surface area contributed by atoms with Crippen LogP contribution in [0.3, 0.4) is 0 Å². The van der Waals surface area contributed by atoms with Gasteiger partial charge in [0.2, 0.25) is 0 Å². The first-order chi connectivity index (χ1) is 11.6. The molecule has 134 valence electrons. The van der Waals surface area contributed by atoms with Crippen molar-refractivity contribution in [2.45, 2.75) is 83.2 Å². The van der Waals surface area contributed by atoms with Crippen LogP contribution >= 0.6 is 0 Å². The molecule has 24 heavy (non-hydrogen) atoms. The van der Waals surface area contributed by atoms with Gasteiger partial charge >= 0.3 is 5.97 Å². The van der Waals surface area contributed by atoms with Gasteiger partial charge in [-0.3, -0.25) is 4.79 Å². The van der Waals surface area contributed by atoms with Crippen molar-refractivity contribution in [3.8, 4) is 0 Å². The van der Waals surface area contributed by atoms with Gasteiger partial charge in [-0.2, -0.15) is 0 Å². The zero-order valence-corrected chi connectivity index (χ0v) is 14.9. The molecule has 0 radical (unpaired) electrons. The van der Waals surface area contributed by atoms with E-state index in [9.17, 15) is 10.3 Å². The number of aliphatic carboxylic acids is 1. The molecule has 3 aliphatic rings. The maximum absolute atomic E-state index is 10.5. The molecule has 3 rings (SSSR count). The first-order valence-electron chi connectivity index (χ1n) is 9.65. The second-order valence-electron chi connectivity index (χ2n) is 7.26. The van der Waals surface area contributed by atoms with Crippen LogP contribution < -0.4 is 0 Å². The van der Waals surface area contributed by atoms with E-state index in [1.807, 2.05) is 0 Å². The van der Waals surface area contributed by atoms with Crippen molar-refractivity contribution < 1.29 is 14.6 Å². The molecule has 4 heteroatoms. The molecule has 0 aromatic carbocycles. The van der Waals surface area contributed by atoms with Crippen molar-refractivity contribution in [3.63, 3.8) is 0 Å². The molecule has 1 N–H and O–H groups in total. The second kappa shape index (κ2) is 9.75. The van der Waals surface area contributed by atoms with Crippen molar-refractivity contribution in [3.05, 3.63) is 29.8 Å². The van der Waals surface area contributed by atoms with Gasteiger partial charge in [-0.25, -0.2) is 0 Å². The minimum atomic E-state index is -0.722. The Morgan fingerprint density at radius 3 is 2.62 bits per heavy atom. The number of allylic oxidation sites excluding steroid dienone is 3. The number of nitrogens with zero attached hydrogens (tertiary/aromatic N) is 2. The van der Waals surface area contributed by atoms with Crippen molar-refractivity contribution in [1.29, 1.82) is 0 Å². The van der Waals surface area contributed by atoms with Gasteiger partial charge in [0.25, 0.3) is 0 Å². The summed E-state index contributed by atoms with van der Waals surface area (Å²) in [6, 6.07) is 0.626. The highest BCUT2D eigenvalue weighted by Gasteiger charge is 2.59. The largest absolute Gasteiger partial charge is 0.506 e. The molecular formula is C20H32N2O2. The number of unbranched alkanes of at least 4 members (excludes halogenated alkanes) is 5. The lowest BCUT2D eigenvalue weighted by atomic mass is 9.92. The fourth-order valence-electron chi connectivity index (χ4n) is 4.09. The molecule has 2 saturated heterocycles. The van der Waals surface area contributed by atoms with Crippen LogP contribution in [-0.2, 0) is 4.79 Å². The molecule has 1 aliphatic carbocycles. The molecule has 0 aromatic heterocycles. The Labute approximate surface area is 146 Å². The van der Waals surface area contributed by atoms with Gasteiger partial charge in [0.1, 0.15) is 0 Å². The van der Waals surface area contributed by atoms with E-state index >= 15 is 0 Å². The van der Waals surface area contributed by atoms with Crippen LogP contribution in [0.2, 0.25) is 0 Å². The van der Waals surface area contributed by atoms with Crippen LogP contribution in [0.1, 0.15) is 71.1 Å². The summed E-state index contributed by atoms with van der Waals surface area (Å²) in [5.74, 6) is 0.248. The highest BCUT2D eigenvalue weighted by atomic mass is 16.4. The van der Waals surface area contributed by atoms with E-state index in [1.54, 1.807) is 4.70 Å². The first kappa shape index (κ1) is 18.9. The average Bonchev–Trinajstić information content (AvgIpc) is 3.04. The highest BCUT2D eigenvalue weighted by Crippen LogP contribution is 2.48. The molecule has 0 amide bonds. The van der Waals surface area contributed by atoms with Crippen molar-refractivity contribution in [2.75, 3.05) is 0 Å². The monoisotopic (exact) mass is 332 g/mol. The number of hydrogen-bond donors (Lipinski definition) is 1. The van der Waals surface area contributed by atoms with Gasteiger partial charge in [0.15, 0.2) is 12.1 Å². The number of carbonyl (C=O) groups is 1. The zero-order chi connectivity index (χ0) is 17.4. The Morgan fingerprint density at radius 1 is 1.12 bits per heavy atom. The SMILES string of the molecule is CCCCCCC=C[C@H]1C2CC([C@@H]1CC=CCCCC(=O)O)[N+]2=[N-]. The highest BCUT2D eigenvalue weighted by molar-refractivity contribution is 5.66. The quantitative estimate of drug-likeness (QED) is 0.306. The predicted octanol–water partition coefficient (Wildman–Crippen LogP) is 5.14. The van der Waals surface area contributed by atoms with E-state index in [2.05, 4.69) is 31.2 Å². The summed E-state index contributed by atoms with van der Waals surface area (Å²) in [6.45, 7) is 2.23. The molecule has 2 unspecified atom stereocenters. The van der Waals surface area contributed by atoms with Crippen LogP contribution in [0.15, 0.2) is 24.3 Å². The molecule has 0 aromatic rings. The Balaban J connectivity index is 1.73. The van der Waals surface area contributed by atoms with Gasteiger partial charge in [0.05, 0.1) is 6.42 Å². The average molecular weight is 332 g/mol. The molecule has 1 saturated carbocycles. The molecular weight excluding hydrogens is 300 g/mol. The number of carboxylic acid groups (broad SMARTS) is 1. The van der Waals surface area contributed by atoms with E-state index in [-0.39, 0.29) is 6.42 Å². The maximum Gasteiger partial charge on any atom is 0.303 e. The van der Waals surface area contributed by atoms with E-state index < -0.39 is 5.97 Å². The van der Waals surface area contributed by atoms with Gasteiger partial charge in [0, 0.05) is 18.3 Å². The molecule has 0 spiro atoms. The Morgan fingerprint density at radius 2 is 1.92 bits per heavy atom. The van der Waals surface area contributed by atoms with Crippen molar-refractivity contribution in [1.82, 2.24) is 0 Å². The lowest BCUT2D eigenvalue weighted by Crippen LogP contribution is -2.40. The molecule has 2 aliphatic heterocycles. The van der Waals surface area contributed by atoms with Crippen molar-refractivity contribution in [2.24, 2.45) is 11.8 Å². The minimum Gasteiger partial charge on any atom is -0.506 e. The molecule has 3 fully saturated rings. The third-order valence-corrected chi connectivity index (χ3v) is 5.51. The number of hydrogen-bond acceptors (Lipinski definition) is 1. The summed E-state index contributed by atoms with van der Waals surface area (Å²) in [4.78, 5) is 10.5. The number of carboxylic acids is 1. The van der Waals surface area contributed by atoms with Gasteiger partial charge in [-0.05, 0) is 32.1 Å². The normalized spacial score (nSPS) is 28.8. The second-order valence-corrected chi connectivity index (χ2v) is 7.26. The van der Waals surface area contributed by atoms with Gasteiger partial charge < -0.3 is 15.3 Å². The Kier molecular flexibility index (Phi) is 7.67. The van der Waals surface area contributed by atoms with Crippen LogP contribution in [0.4, 0.5) is 0 Å². The standard InChI is InChI=1S/C20H32N2O2/c1-2-3-4-5-6-9-12-16-17(19-15-18(16)22(19)21)13-10-7-8-11-14-20(23)24/h7,9-10,12,16-19H,2-6,8,11,13-15H2,1H3,(H,23,24)/t16-,17-,18?,19?/m1/s1.